The molecule has 0 saturated heterocycles. The van der Waals surface area contributed by atoms with E-state index in [0.29, 0.717) is 6.42 Å². The highest BCUT2D eigenvalue weighted by Gasteiger charge is 2.22. The first kappa shape index (κ1) is 8.34. The van der Waals surface area contributed by atoms with Crippen LogP contribution in [0.15, 0.2) is 24.0 Å². The average molecular weight is 154 g/mol. The first-order valence-electron chi connectivity index (χ1n) is 3.86. The lowest BCUT2D eigenvalue weighted by atomic mass is 9.92. The van der Waals surface area contributed by atoms with Crippen molar-refractivity contribution >= 4 is 0 Å². The second kappa shape index (κ2) is 3.09. The quantitative estimate of drug-likeness (QED) is 0.655. The molecule has 0 amide bonds. The maximum absolute atomic E-state index is 9.71. The van der Waals surface area contributed by atoms with Gasteiger partial charge in [0.15, 0.2) is 0 Å². The molecule has 1 N–H and O–H groups in total. The number of hydrogen-bond donors (Lipinski definition) is 1. The minimum atomic E-state index is -0.637. The molecule has 11 heavy (non-hydrogen) atoms. The van der Waals surface area contributed by atoms with Crippen LogP contribution in [0.3, 0.4) is 0 Å². The molecule has 2 nitrogen and oxygen atoms in total. The summed E-state index contributed by atoms with van der Waals surface area (Å²) in [5, 5.41) is 9.71. The van der Waals surface area contributed by atoms with Crippen LogP contribution >= 0.6 is 0 Å². The van der Waals surface area contributed by atoms with Crippen LogP contribution in [-0.4, -0.2) is 17.8 Å². The molecule has 1 aliphatic carbocycles. The molecule has 2 heteroatoms. The largest absolute Gasteiger partial charge is 0.497 e. The molecule has 1 atom stereocenters. The molecule has 0 saturated carbocycles. The van der Waals surface area contributed by atoms with Crippen molar-refractivity contribution in [1.29, 1.82) is 0 Å². The van der Waals surface area contributed by atoms with Gasteiger partial charge < -0.3 is 9.84 Å². The van der Waals surface area contributed by atoms with Gasteiger partial charge in [0.1, 0.15) is 5.76 Å². The van der Waals surface area contributed by atoms with Crippen LogP contribution < -0.4 is 0 Å². The van der Waals surface area contributed by atoms with E-state index < -0.39 is 5.60 Å². The lowest BCUT2D eigenvalue weighted by Crippen LogP contribution is -2.25. The van der Waals surface area contributed by atoms with Crippen molar-refractivity contribution in [3.05, 3.63) is 24.0 Å². The fourth-order valence-corrected chi connectivity index (χ4v) is 1.06. The van der Waals surface area contributed by atoms with E-state index in [1.54, 1.807) is 13.2 Å². The second-order valence-electron chi connectivity index (χ2n) is 2.81. The van der Waals surface area contributed by atoms with Crippen LogP contribution in [0, 0.1) is 0 Å². The third-order valence-electron chi connectivity index (χ3n) is 2.06. The first-order chi connectivity index (χ1) is 5.20. The third kappa shape index (κ3) is 1.84. The molecule has 0 aromatic carbocycles. The molecule has 0 aromatic rings. The lowest BCUT2D eigenvalue weighted by molar-refractivity contribution is 0.0860. The minimum Gasteiger partial charge on any atom is -0.497 e. The van der Waals surface area contributed by atoms with Gasteiger partial charge in [0.05, 0.1) is 12.7 Å². The Morgan fingerprint density at radius 2 is 2.45 bits per heavy atom. The zero-order valence-corrected chi connectivity index (χ0v) is 7.00. The minimum absolute atomic E-state index is 0.637. The standard InChI is InChI=1S/C9H14O2/c1-3-9(10)6-4-8(11-2)5-7-9/h4-6,10H,3,7H2,1-2H3. The number of rotatable bonds is 2. The molecule has 0 heterocycles. The summed E-state index contributed by atoms with van der Waals surface area (Å²) in [7, 11) is 1.63. The van der Waals surface area contributed by atoms with Crippen LogP contribution in [0.2, 0.25) is 0 Å². The summed E-state index contributed by atoms with van der Waals surface area (Å²) in [5.74, 6) is 0.836. The van der Waals surface area contributed by atoms with E-state index in [1.807, 2.05) is 19.1 Å². The van der Waals surface area contributed by atoms with Crippen LogP contribution in [0.25, 0.3) is 0 Å². The first-order valence-corrected chi connectivity index (χ1v) is 3.86. The summed E-state index contributed by atoms with van der Waals surface area (Å²) in [6, 6.07) is 0. The molecular weight excluding hydrogens is 140 g/mol. The Labute approximate surface area is 67.2 Å². The zero-order chi connectivity index (χ0) is 8.32. The zero-order valence-electron chi connectivity index (χ0n) is 7.00. The van der Waals surface area contributed by atoms with Gasteiger partial charge >= 0.3 is 0 Å². The second-order valence-corrected chi connectivity index (χ2v) is 2.81. The maximum atomic E-state index is 9.71. The fraction of sp³-hybridized carbons (Fsp3) is 0.556. The highest BCUT2D eigenvalue weighted by molar-refractivity contribution is 5.23. The number of methoxy groups -OCH3 is 1. The van der Waals surface area contributed by atoms with E-state index in [9.17, 15) is 5.11 Å². The van der Waals surface area contributed by atoms with Crippen molar-refractivity contribution < 1.29 is 9.84 Å². The summed E-state index contributed by atoms with van der Waals surface area (Å²) in [4.78, 5) is 0. The molecular formula is C9H14O2. The number of aliphatic hydroxyl groups is 1. The van der Waals surface area contributed by atoms with Gasteiger partial charge in [-0.3, -0.25) is 0 Å². The average Bonchev–Trinajstić information content (AvgIpc) is 2.06. The van der Waals surface area contributed by atoms with E-state index in [4.69, 9.17) is 4.74 Å². The van der Waals surface area contributed by atoms with E-state index >= 15 is 0 Å². The molecule has 62 valence electrons. The van der Waals surface area contributed by atoms with Gasteiger partial charge in [-0.2, -0.15) is 0 Å². The SMILES string of the molecule is CCC1(O)C=CC(OC)=CC1. The molecule has 0 fully saturated rings. The summed E-state index contributed by atoms with van der Waals surface area (Å²) < 4.78 is 4.99. The van der Waals surface area contributed by atoms with Crippen LogP contribution in [0.4, 0.5) is 0 Å². The van der Waals surface area contributed by atoms with Gasteiger partial charge in [0, 0.05) is 6.42 Å². The maximum Gasteiger partial charge on any atom is 0.114 e. The Balaban J connectivity index is 2.63. The van der Waals surface area contributed by atoms with Crippen molar-refractivity contribution in [1.82, 2.24) is 0 Å². The number of allylic oxidation sites excluding steroid dienone is 1. The molecule has 0 bridgehead atoms. The van der Waals surface area contributed by atoms with Gasteiger partial charge in [-0.1, -0.05) is 6.92 Å². The topological polar surface area (TPSA) is 29.5 Å². The van der Waals surface area contributed by atoms with Gasteiger partial charge in [-0.15, -0.1) is 0 Å². The predicted octanol–water partition coefficient (Wildman–Crippen LogP) is 1.62. The van der Waals surface area contributed by atoms with E-state index in [2.05, 4.69) is 0 Å². The molecule has 1 aliphatic rings. The van der Waals surface area contributed by atoms with Crippen molar-refractivity contribution in [2.75, 3.05) is 7.11 Å². The Morgan fingerprint density at radius 1 is 1.73 bits per heavy atom. The van der Waals surface area contributed by atoms with Crippen LogP contribution in [-0.2, 0) is 4.74 Å². The smallest absolute Gasteiger partial charge is 0.114 e. The van der Waals surface area contributed by atoms with E-state index in [1.165, 1.54) is 0 Å². The molecule has 1 unspecified atom stereocenters. The van der Waals surface area contributed by atoms with E-state index in [-0.39, 0.29) is 0 Å². The normalized spacial score (nSPS) is 29.9. The van der Waals surface area contributed by atoms with Crippen LogP contribution in [0.5, 0.6) is 0 Å². The lowest BCUT2D eigenvalue weighted by Gasteiger charge is -2.24. The van der Waals surface area contributed by atoms with Gasteiger partial charge in [0.25, 0.3) is 0 Å². The van der Waals surface area contributed by atoms with Gasteiger partial charge in [0.2, 0.25) is 0 Å². The summed E-state index contributed by atoms with van der Waals surface area (Å²) >= 11 is 0. The van der Waals surface area contributed by atoms with Crippen molar-refractivity contribution in [2.45, 2.75) is 25.4 Å². The van der Waals surface area contributed by atoms with Crippen LogP contribution in [0.1, 0.15) is 19.8 Å². The fourth-order valence-electron chi connectivity index (χ4n) is 1.06. The molecule has 0 spiro atoms. The Morgan fingerprint density at radius 3 is 2.82 bits per heavy atom. The summed E-state index contributed by atoms with van der Waals surface area (Å²) in [6.45, 7) is 1.97. The highest BCUT2D eigenvalue weighted by Crippen LogP contribution is 2.23. The van der Waals surface area contributed by atoms with Gasteiger partial charge in [-0.05, 0) is 24.6 Å². The summed E-state index contributed by atoms with van der Waals surface area (Å²) in [6.07, 6.45) is 6.92. The highest BCUT2D eigenvalue weighted by atomic mass is 16.5. The Bertz CT molecular complexity index is 194. The monoisotopic (exact) mass is 154 g/mol. The molecule has 1 rings (SSSR count). The molecule has 0 radical (unpaired) electrons. The van der Waals surface area contributed by atoms with Crippen molar-refractivity contribution in [2.24, 2.45) is 0 Å². The number of hydrogen-bond acceptors (Lipinski definition) is 2. The third-order valence-corrected chi connectivity index (χ3v) is 2.06. The van der Waals surface area contributed by atoms with E-state index in [0.717, 1.165) is 12.2 Å². The number of ether oxygens (including phenoxy) is 1. The van der Waals surface area contributed by atoms with Crippen molar-refractivity contribution in [3.8, 4) is 0 Å². The Kier molecular flexibility index (Phi) is 2.35. The van der Waals surface area contributed by atoms with Crippen molar-refractivity contribution in [3.63, 3.8) is 0 Å². The molecule has 0 aliphatic heterocycles. The Hall–Kier alpha value is -0.760. The molecule has 0 aromatic heterocycles. The summed E-state index contributed by atoms with van der Waals surface area (Å²) in [5.41, 5.74) is -0.637. The van der Waals surface area contributed by atoms with Gasteiger partial charge in [-0.25, -0.2) is 0 Å². The predicted molar refractivity (Wildman–Crippen MR) is 44.1 cm³/mol.